The predicted molar refractivity (Wildman–Crippen MR) is 103 cm³/mol. The highest BCUT2D eigenvalue weighted by atomic mass is 16.6. The summed E-state index contributed by atoms with van der Waals surface area (Å²) in [6.45, 7) is 3.98. The van der Waals surface area contributed by atoms with Gasteiger partial charge in [0.2, 0.25) is 0 Å². The molecule has 0 bridgehead atoms. The third-order valence-electron chi connectivity index (χ3n) is 4.12. The number of rotatable bonds is 8. The second kappa shape index (κ2) is 8.94. The summed E-state index contributed by atoms with van der Waals surface area (Å²) in [5.41, 5.74) is 2.13. The van der Waals surface area contributed by atoms with E-state index in [1.165, 1.54) is 10.7 Å². The van der Waals surface area contributed by atoms with Crippen LogP contribution in [0.15, 0.2) is 34.9 Å². The van der Waals surface area contributed by atoms with E-state index in [0.717, 1.165) is 5.56 Å². The first kappa shape index (κ1) is 20.6. The lowest BCUT2D eigenvalue weighted by atomic mass is 10.1. The summed E-state index contributed by atoms with van der Waals surface area (Å²) in [5, 5.41) is 23.5. The Morgan fingerprint density at radius 1 is 1.13 bits per heavy atom. The third-order valence-corrected chi connectivity index (χ3v) is 4.12. The van der Waals surface area contributed by atoms with Crippen molar-refractivity contribution in [2.45, 2.75) is 20.4 Å². The van der Waals surface area contributed by atoms with Crippen molar-refractivity contribution < 1.29 is 19.0 Å². The standard InChI is InChI=1S/C18H19N7O5/c1-11-3-5-13(6-4-11)16(26)19-7-8-20-17(27)18-21-14(23-30-18)10-24-12(2)9-15(22-24)25(28)29/h3-6,9H,7-8,10H2,1-2H3,(H,19,26)(H,20,27). The second-order valence-electron chi connectivity index (χ2n) is 6.45. The number of aromatic nitrogens is 4. The zero-order valence-corrected chi connectivity index (χ0v) is 16.3. The number of hydrogen-bond donors (Lipinski definition) is 2. The quantitative estimate of drug-likeness (QED) is 0.314. The van der Waals surface area contributed by atoms with Crippen molar-refractivity contribution in [3.05, 3.63) is 69.0 Å². The van der Waals surface area contributed by atoms with Gasteiger partial charge in [0.05, 0.1) is 16.9 Å². The normalized spacial score (nSPS) is 10.6. The fourth-order valence-electron chi connectivity index (χ4n) is 2.52. The first-order chi connectivity index (χ1) is 14.3. The van der Waals surface area contributed by atoms with Gasteiger partial charge in [-0.1, -0.05) is 22.9 Å². The van der Waals surface area contributed by atoms with Crippen molar-refractivity contribution in [2.75, 3.05) is 13.1 Å². The molecule has 0 radical (unpaired) electrons. The van der Waals surface area contributed by atoms with Gasteiger partial charge in [0.15, 0.2) is 5.82 Å². The van der Waals surface area contributed by atoms with E-state index in [1.807, 2.05) is 19.1 Å². The molecule has 3 aromatic rings. The van der Waals surface area contributed by atoms with Gasteiger partial charge in [0.1, 0.15) is 6.54 Å². The molecule has 2 N–H and O–H groups in total. The number of carbonyl (C=O) groups excluding carboxylic acids is 2. The lowest BCUT2D eigenvalue weighted by Gasteiger charge is -2.06. The molecule has 12 heteroatoms. The largest absolute Gasteiger partial charge is 0.390 e. The molecule has 30 heavy (non-hydrogen) atoms. The average Bonchev–Trinajstić information content (AvgIpc) is 3.33. The summed E-state index contributed by atoms with van der Waals surface area (Å²) in [5.74, 6) is -1.24. The van der Waals surface area contributed by atoms with E-state index in [2.05, 4.69) is 25.9 Å². The van der Waals surface area contributed by atoms with Crippen molar-refractivity contribution >= 4 is 17.6 Å². The third kappa shape index (κ3) is 5.04. The highest BCUT2D eigenvalue weighted by molar-refractivity contribution is 5.94. The molecule has 0 unspecified atom stereocenters. The Labute approximate surface area is 170 Å². The first-order valence-electron chi connectivity index (χ1n) is 8.98. The summed E-state index contributed by atoms with van der Waals surface area (Å²) in [7, 11) is 0. The Bertz CT molecular complexity index is 1070. The highest BCUT2D eigenvalue weighted by Gasteiger charge is 2.19. The molecule has 0 aliphatic heterocycles. The van der Waals surface area contributed by atoms with E-state index in [4.69, 9.17) is 4.52 Å². The zero-order chi connectivity index (χ0) is 21.7. The van der Waals surface area contributed by atoms with Crippen molar-refractivity contribution in [2.24, 2.45) is 0 Å². The fraction of sp³-hybridized carbons (Fsp3) is 0.278. The van der Waals surface area contributed by atoms with Crippen LogP contribution in [0.25, 0.3) is 0 Å². The molecule has 2 heterocycles. The number of amides is 2. The number of aryl methyl sites for hydroxylation is 2. The number of nitrogens with zero attached hydrogens (tertiary/aromatic N) is 5. The van der Waals surface area contributed by atoms with Crippen molar-refractivity contribution in [3.63, 3.8) is 0 Å². The maximum absolute atomic E-state index is 12.1. The summed E-state index contributed by atoms with van der Waals surface area (Å²) in [6, 6.07) is 8.44. The van der Waals surface area contributed by atoms with Crippen LogP contribution >= 0.6 is 0 Å². The van der Waals surface area contributed by atoms with E-state index >= 15 is 0 Å². The Morgan fingerprint density at radius 2 is 1.80 bits per heavy atom. The van der Waals surface area contributed by atoms with Gasteiger partial charge >= 0.3 is 17.6 Å². The van der Waals surface area contributed by atoms with Crippen molar-refractivity contribution in [3.8, 4) is 0 Å². The highest BCUT2D eigenvalue weighted by Crippen LogP contribution is 2.12. The Kier molecular flexibility index (Phi) is 6.15. The van der Waals surface area contributed by atoms with Gasteiger partial charge in [0, 0.05) is 18.7 Å². The van der Waals surface area contributed by atoms with Gasteiger partial charge in [-0.05, 0) is 30.9 Å². The van der Waals surface area contributed by atoms with Crippen molar-refractivity contribution in [1.29, 1.82) is 0 Å². The van der Waals surface area contributed by atoms with Crippen LogP contribution in [0.2, 0.25) is 0 Å². The maximum atomic E-state index is 12.1. The van der Waals surface area contributed by atoms with Gasteiger partial charge in [-0.25, -0.2) is 0 Å². The molecule has 3 rings (SSSR count). The lowest BCUT2D eigenvalue weighted by Crippen LogP contribution is -2.34. The van der Waals surface area contributed by atoms with Gasteiger partial charge in [-0.3, -0.25) is 9.59 Å². The van der Waals surface area contributed by atoms with Gasteiger partial charge in [-0.15, -0.1) is 0 Å². The number of benzene rings is 1. The number of nitro groups is 1. The van der Waals surface area contributed by atoms with E-state index in [9.17, 15) is 19.7 Å². The van der Waals surface area contributed by atoms with Crippen LogP contribution in [0.5, 0.6) is 0 Å². The second-order valence-corrected chi connectivity index (χ2v) is 6.45. The van der Waals surface area contributed by atoms with Gasteiger partial charge < -0.3 is 25.3 Å². The summed E-state index contributed by atoms with van der Waals surface area (Å²) < 4.78 is 6.25. The molecule has 0 atom stereocenters. The summed E-state index contributed by atoms with van der Waals surface area (Å²) in [6.07, 6.45) is 0. The van der Waals surface area contributed by atoms with Gasteiger partial charge in [0.25, 0.3) is 5.91 Å². The number of carbonyl (C=O) groups is 2. The molecule has 0 fully saturated rings. The van der Waals surface area contributed by atoms with Crippen LogP contribution in [-0.2, 0) is 6.54 Å². The SMILES string of the molecule is Cc1ccc(C(=O)NCCNC(=O)c2nc(Cn3nc([N+](=O)[O-])cc3C)no2)cc1. The Morgan fingerprint density at radius 3 is 2.43 bits per heavy atom. The fourth-order valence-corrected chi connectivity index (χ4v) is 2.52. The predicted octanol–water partition coefficient (Wildman–Crippen LogP) is 0.999. The first-order valence-corrected chi connectivity index (χ1v) is 8.98. The number of hydrogen-bond acceptors (Lipinski definition) is 8. The average molecular weight is 413 g/mol. The molecular formula is C18H19N7O5. The Balaban J connectivity index is 1.47. The minimum atomic E-state index is -0.601. The Hall–Kier alpha value is -4.09. The molecule has 2 amide bonds. The van der Waals surface area contributed by atoms with E-state index < -0.39 is 10.8 Å². The molecule has 2 aromatic heterocycles. The molecule has 1 aromatic carbocycles. The maximum Gasteiger partial charge on any atom is 0.390 e. The molecule has 12 nitrogen and oxygen atoms in total. The van der Waals surface area contributed by atoms with Crippen LogP contribution in [0.1, 0.15) is 38.1 Å². The monoisotopic (exact) mass is 413 g/mol. The topological polar surface area (TPSA) is 158 Å². The van der Waals surface area contributed by atoms with E-state index in [1.54, 1.807) is 19.1 Å². The van der Waals surface area contributed by atoms with Crippen LogP contribution in [-0.4, -0.2) is 49.7 Å². The smallest absolute Gasteiger partial charge is 0.358 e. The molecule has 0 spiro atoms. The van der Waals surface area contributed by atoms with E-state index in [-0.39, 0.29) is 43.1 Å². The summed E-state index contributed by atoms with van der Waals surface area (Å²) >= 11 is 0. The van der Waals surface area contributed by atoms with Crippen LogP contribution in [0.3, 0.4) is 0 Å². The summed E-state index contributed by atoms with van der Waals surface area (Å²) in [4.78, 5) is 38.2. The lowest BCUT2D eigenvalue weighted by molar-refractivity contribution is -0.389. The zero-order valence-electron chi connectivity index (χ0n) is 16.3. The minimum Gasteiger partial charge on any atom is -0.358 e. The van der Waals surface area contributed by atoms with Gasteiger partial charge in [-0.2, -0.15) is 9.67 Å². The molecular weight excluding hydrogens is 394 g/mol. The van der Waals surface area contributed by atoms with E-state index in [0.29, 0.717) is 11.3 Å². The van der Waals surface area contributed by atoms with Crippen molar-refractivity contribution in [1.82, 2.24) is 30.6 Å². The molecule has 0 aliphatic carbocycles. The molecule has 0 saturated carbocycles. The van der Waals surface area contributed by atoms with Crippen LogP contribution in [0, 0.1) is 24.0 Å². The molecule has 0 aliphatic rings. The number of nitrogens with one attached hydrogen (secondary N) is 2. The van der Waals surface area contributed by atoms with Crippen LogP contribution < -0.4 is 10.6 Å². The molecule has 156 valence electrons. The van der Waals surface area contributed by atoms with Crippen LogP contribution in [0.4, 0.5) is 5.82 Å². The minimum absolute atomic E-state index is 0.0169. The molecule has 0 saturated heterocycles.